The van der Waals surface area contributed by atoms with Gasteiger partial charge in [0.25, 0.3) is 5.91 Å². The van der Waals surface area contributed by atoms with E-state index in [1.807, 2.05) is 19.1 Å². The molecular formula is C14H14N2O2. The first kappa shape index (κ1) is 12.1. The van der Waals surface area contributed by atoms with Gasteiger partial charge in [0, 0.05) is 11.8 Å². The molecule has 2 aromatic rings. The monoisotopic (exact) mass is 242 g/mol. The number of hydrogen-bond acceptors (Lipinski definition) is 3. The van der Waals surface area contributed by atoms with Gasteiger partial charge >= 0.3 is 0 Å². The largest absolute Gasteiger partial charge is 0.508 e. The minimum absolute atomic E-state index is 0.0802. The summed E-state index contributed by atoms with van der Waals surface area (Å²) in [5.41, 5.74) is 2.31. The lowest BCUT2D eigenvalue weighted by Gasteiger charge is -2.07. The molecule has 0 bridgehead atoms. The molecule has 0 saturated heterocycles. The number of phenols is 1. The van der Waals surface area contributed by atoms with Gasteiger partial charge in [-0.15, -0.1) is 0 Å². The van der Waals surface area contributed by atoms with E-state index in [0.29, 0.717) is 12.1 Å². The van der Waals surface area contributed by atoms with E-state index in [1.54, 1.807) is 18.3 Å². The molecule has 0 aliphatic rings. The minimum atomic E-state index is -0.226. The molecule has 1 amide bonds. The number of nitrogens with zero attached hydrogens (tertiary/aromatic N) is 1. The maximum absolute atomic E-state index is 11.8. The van der Waals surface area contributed by atoms with E-state index in [1.165, 1.54) is 12.1 Å². The fraction of sp³-hybridized carbons (Fsp3) is 0.143. The Morgan fingerprint density at radius 1 is 1.33 bits per heavy atom. The predicted octanol–water partition coefficient (Wildman–Crippen LogP) is 2.03. The Bertz CT molecular complexity index is 567. The number of rotatable bonds is 3. The minimum Gasteiger partial charge on any atom is -0.508 e. The molecule has 0 aliphatic heterocycles. The highest BCUT2D eigenvalue weighted by molar-refractivity contribution is 5.94. The van der Waals surface area contributed by atoms with Crippen LogP contribution in [-0.2, 0) is 6.54 Å². The number of nitrogens with one attached hydrogen (secondary N) is 1. The van der Waals surface area contributed by atoms with Crippen LogP contribution in [-0.4, -0.2) is 16.0 Å². The van der Waals surface area contributed by atoms with Crippen molar-refractivity contribution in [3.05, 3.63) is 59.4 Å². The van der Waals surface area contributed by atoms with Crippen molar-refractivity contribution in [2.24, 2.45) is 0 Å². The van der Waals surface area contributed by atoms with E-state index in [2.05, 4.69) is 10.3 Å². The van der Waals surface area contributed by atoms with Gasteiger partial charge in [0.05, 0.1) is 12.2 Å². The van der Waals surface area contributed by atoms with Crippen LogP contribution in [0.2, 0.25) is 0 Å². The second kappa shape index (κ2) is 5.31. The summed E-state index contributed by atoms with van der Waals surface area (Å²) in [6.45, 7) is 2.32. The molecule has 0 unspecified atom stereocenters. The van der Waals surface area contributed by atoms with Crippen LogP contribution < -0.4 is 5.32 Å². The predicted molar refractivity (Wildman–Crippen MR) is 68.3 cm³/mol. The average Bonchev–Trinajstić information content (AvgIpc) is 2.37. The zero-order chi connectivity index (χ0) is 13.0. The summed E-state index contributed by atoms with van der Waals surface area (Å²) in [4.78, 5) is 16.0. The number of pyridine rings is 1. The molecule has 92 valence electrons. The van der Waals surface area contributed by atoms with Crippen molar-refractivity contribution in [2.45, 2.75) is 13.5 Å². The summed E-state index contributed by atoms with van der Waals surface area (Å²) < 4.78 is 0. The molecule has 2 rings (SSSR count). The number of hydrogen-bond donors (Lipinski definition) is 2. The zero-order valence-electron chi connectivity index (χ0n) is 10.1. The molecule has 0 fully saturated rings. The summed E-state index contributed by atoms with van der Waals surface area (Å²) in [6.07, 6.45) is 1.70. The summed E-state index contributed by atoms with van der Waals surface area (Å²) in [6, 6.07) is 10.1. The van der Waals surface area contributed by atoms with Crippen molar-refractivity contribution in [1.29, 1.82) is 0 Å². The summed E-state index contributed by atoms with van der Waals surface area (Å²) >= 11 is 0. The molecule has 4 nitrogen and oxygen atoms in total. The number of amides is 1. The molecule has 1 aromatic heterocycles. The third-order valence-corrected chi connectivity index (χ3v) is 2.64. The van der Waals surface area contributed by atoms with E-state index >= 15 is 0 Å². The third kappa shape index (κ3) is 2.85. The second-order valence-corrected chi connectivity index (χ2v) is 4.00. The van der Waals surface area contributed by atoms with E-state index in [0.717, 1.165) is 11.3 Å². The van der Waals surface area contributed by atoms with Gasteiger partial charge < -0.3 is 10.4 Å². The average molecular weight is 242 g/mol. The van der Waals surface area contributed by atoms with Gasteiger partial charge in [-0.25, -0.2) is 0 Å². The topological polar surface area (TPSA) is 62.2 Å². The SMILES string of the molecule is Cc1cccnc1CNC(=O)c1cccc(O)c1. The number of carbonyl (C=O) groups is 1. The van der Waals surface area contributed by atoms with Gasteiger partial charge in [-0.3, -0.25) is 9.78 Å². The van der Waals surface area contributed by atoms with Crippen LogP contribution >= 0.6 is 0 Å². The summed E-state index contributed by atoms with van der Waals surface area (Å²) in [7, 11) is 0. The van der Waals surface area contributed by atoms with Crippen LogP contribution in [0.5, 0.6) is 5.75 Å². The second-order valence-electron chi connectivity index (χ2n) is 4.00. The Kier molecular flexibility index (Phi) is 3.57. The Morgan fingerprint density at radius 3 is 2.89 bits per heavy atom. The van der Waals surface area contributed by atoms with Gasteiger partial charge in [-0.05, 0) is 36.8 Å². The lowest BCUT2D eigenvalue weighted by atomic mass is 10.2. The van der Waals surface area contributed by atoms with E-state index in [-0.39, 0.29) is 11.7 Å². The first-order valence-corrected chi connectivity index (χ1v) is 5.64. The van der Waals surface area contributed by atoms with Crippen molar-refractivity contribution in [3.63, 3.8) is 0 Å². The Balaban J connectivity index is 2.03. The lowest BCUT2D eigenvalue weighted by molar-refractivity contribution is 0.0950. The molecule has 0 radical (unpaired) electrons. The fourth-order valence-electron chi connectivity index (χ4n) is 1.62. The van der Waals surface area contributed by atoms with Crippen LogP contribution in [0.4, 0.5) is 0 Å². The highest BCUT2D eigenvalue weighted by Crippen LogP contribution is 2.11. The van der Waals surface area contributed by atoms with Crippen LogP contribution in [0.3, 0.4) is 0 Å². The molecule has 1 heterocycles. The van der Waals surface area contributed by atoms with Gasteiger partial charge in [-0.1, -0.05) is 12.1 Å². The molecule has 18 heavy (non-hydrogen) atoms. The quantitative estimate of drug-likeness (QED) is 0.865. The normalized spacial score (nSPS) is 10.1. The van der Waals surface area contributed by atoms with Crippen LogP contribution in [0.15, 0.2) is 42.6 Å². The van der Waals surface area contributed by atoms with Crippen LogP contribution in [0, 0.1) is 6.92 Å². The van der Waals surface area contributed by atoms with E-state index in [9.17, 15) is 9.90 Å². The van der Waals surface area contributed by atoms with Gasteiger partial charge in [-0.2, -0.15) is 0 Å². The first-order chi connectivity index (χ1) is 8.66. The smallest absolute Gasteiger partial charge is 0.251 e. The van der Waals surface area contributed by atoms with E-state index in [4.69, 9.17) is 0 Å². The van der Waals surface area contributed by atoms with Crippen molar-refractivity contribution >= 4 is 5.91 Å². The third-order valence-electron chi connectivity index (χ3n) is 2.64. The number of phenolic OH excluding ortho intramolecular Hbond substituents is 1. The Labute approximate surface area is 105 Å². The van der Waals surface area contributed by atoms with Gasteiger partial charge in [0.15, 0.2) is 0 Å². The lowest BCUT2D eigenvalue weighted by Crippen LogP contribution is -2.23. The molecule has 0 spiro atoms. The Hall–Kier alpha value is -2.36. The molecular weight excluding hydrogens is 228 g/mol. The van der Waals surface area contributed by atoms with Crippen molar-refractivity contribution in [1.82, 2.24) is 10.3 Å². The van der Waals surface area contributed by atoms with Crippen molar-refractivity contribution < 1.29 is 9.90 Å². The van der Waals surface area contributed by atoms with E-state index < -0.39 is 0 Å². The standard InChI is InChI=1S/C14H14N2O2/c1-10-4-3-7-15-13(10)9-16-14(18)11-5-2-6-12(17)8-11/h2-8,17H,9H2,1H3,(H,16,18). The highest BCUT2D eigenvalue weighted by atomic mass is 16.3. The van der Waals surface area contributed by atoms with Crippen LogP contribution in [0.25, 0.3) is 0 Å². The molecule has 4 heteroatoms. The number of aryl methyl sites for hydroxylation is 1. The summed E-state index contributed by atoms with van der Waals surface area (Å²) in [5.74, 6) is -0.146. The van der Waals surface area contributed by atoms with Gasteiger partial charge in [0.1, 0.15) is 5.75 Å². The first-order valence-electron chi connectivity index (χ1n) is 5.64. The summed E-state index contributed by atoms with van der Waals surface area (Å²) in [5, 5.41) is 12.1. The molecule has 1 aromatic carbocycles. The maximum Gasteiger partial charge on any atom is 0.251 e. The molecule has 0 atom stereocenters. The number of aromatic hydroxyl groups is 1. The highest BCUT2D eigenvalue weighted by Gasteiger charge is 2.06. The fourth-order valence-corrected chi connectivity index (χ4v) is 1.62. The number of benzene rings is 1. The number of aromatic nitrogens is 1. The zero-order valence-corrected chi connectivity index (χ0v) is 10.1. The van der Waals surface area contributed by atoms with Gasteiger partial charge in [0.2, 0.25) is 0 Å². The molecule has 0 saturated carbocycles. The number of carbonyl (C=O) groups excluding carboxylic acids is 1. The Morgan fingerprint density at radius 2 is 2.17 bits per heavy atom. The molecule has 2 N–H and O–H groups in total. The maximum atomic E-state index is 11.8. The van der Waals surface area contributed by atoms with Crippen molar-refractivity contribution in [3.8, 4) is 5.75 Å². The molecule has 0 aliphatic carbocycles. The van der Waals surface area contributed by atoms with Crippen molar-refractivity contribution in [2.75, 3.05) is 0 Å². The van der Waals surface area contributed by atoms with Crippen LogP contribution in [0.1, 0.15) is 21.6 Å².